The van der Waals surface area contributed by atoms with Crippen LogP contribution in [0.25, 0.3) is 0 Å². The summed E-state index contributed by atoms with van der Waals surface area (Å²) in [5.41, 5.74) is 2.85. The van der Waals surface area contributed by atoms with Crippen LogP contribution in [-0.4, -0.2) is 8.41 Å². The molecule has 4 saturated carbocycles. The maximum Gasteiger partial charge on any atom is 2.00 e. The van der Waals surface area contributed by atoms with Gasteiger partial charge in [-0.05, 0) is 116 Å². The maximum atomic E-state index is 2.17. The zero-order valence-corrected chi connectivity index (χ0v) is 16.4. The molecule has 23 radical (unpaired) electrons. The molecule has 0 atom stereocenters. The summed E-state index contributed by atoms with van der Waals surface area (Å²) in [5.74, 6) is 0. The number of hydrogen-bond donors (Lipinski definition) is 0. The first kappa shape index (κ1) is 27.7. The molecule has 0 aromatic rings. The van der Waals surface area contributed by atoms with Crippen molar-refractivity contribution < 1.29 is 34.1 Å². The minimum atomic E-state index is 0. The first-order valence-electron chi connectivity index (χ1n) is 6.99. The first-order chi connectivity index (χ1) is 10.4. The van der Waals surface area contributed by atoms with E-state index in [0.29, 0.717) is 0 Å². The molecule has 0 nitrogen and oxygen atoms in total. The average molecular weight is 413 g/mol. The van der Waals surface area contributed by atoms with Crippen LogP contribution < -0.4 is 0 Å². The fraction of sp³-hybridized carbons (Fsp3) is 0. The standard InChI is InChI=1S/C10H9P.2C5H5.B.2Fe/c1-2-6-9(5-1)11-10-7-3-4-8-10;2*1-2-4-5-3-1;;;/h1-8,11H;2*1-5H;;;/q;;;;2*+2. The molecule has 0 bridgehead atoms. The van der Waals surface area contributed by atoms with Gasteiger partial charge in [0.15, 0.2) is 0 Å². The van der Waals surface area contributed by atoms with Crippen LogP contribution in [0, 0.1) is 127 Å². The van der Waals surface area contributed by atoms with Crippen molar-refractivity contribution in [2.45, 2.75) is 0 Å². The third kappa shape index (κ3) is 13.7. The number of hydrogen-bond acceptors (Lipinski definition) is 0. The van der Waals surface area contributed by atoms with E-state index in [9.17, 15) is 0 Å². The third-order valence-corrected chi connectivity index (χ3v) is 3.97. The van der Waals surface area contributed by atoms with Gasteiger partial charge in [-0.15, -0.1) is 8.58 Å². The summed E-state index contributed by atoms with van der Waals surface area (Å²) in [6, 6.07) is 0. The first-order valence-corrected chi connectivity index (χ1v) is 7.99. The second kappa shape index (κ2) is 19.3. The largest absolute Gasteiger partial charge is 2.00 e. The Morgan fingerprint density at radius 1 is 0.375 bits per heavy atom. The molecule has 0 spiro atoms. The minimum absolute atomic E-state index is 0. The molecule has 4 aliphatic rings. The SMILES string of the molecule is [B].[CH]1[CH][CH][CH][CH]1.[CH]1[CH][CH][CH][CH]1.[CH]1[CH][CH][C](P[C]2[CH][CH][CH][CH]2)[CH]1.[Fe+2].[Fe+2]. The Bertz CT molecular complexity index is 195. The van der Waals surface area contributed by atoms with Crippen LogP contribution in [0.5, 0.6) is 0 Å². The summed E-state index contributed by atoms with van der Waals surface area (Å²) in [4.78, 5) is 0. The second-order valence-corrected chi connectivity index (χ2v) is 5.80. The fourth-order valence-corrected chi connectivity index (χ4v) is 2.77. The van der Waals surface area contributed by atoms with Gasteiger partial charge in [0, 0.05) is 19.7 Å². The van der Waals surface area contributed by atoms with Crippen LogP contribution in [0.2, 0.25) is 0 Å². The Labute approximate surface area is 177 Å². The van der Waals surface area contributed by atoms with Crippen molar-refractivity contribution in [3.05, 3.63) is 127 Å². The van der Waals surface area contributed by atoms with E-state index in [-0.39, 0.29) is 42.6 Å². The number of rotatable bonds is 2. The summed E-state index contributed by atoms with van der Waals surface area (Å²) >= 11 is 0. The van der Waals surface area contributed by atoms with Crippen LogP contribution in [0.4, 0.5) is 0 Å². The Morgan fingerprint density at radius 3 is 0.792 bits per heavy atom. The normalized spacial score (nSPS) is 23.0. The average Bonchev–Trinajstić information content (AvgIpc) is 3.30. The Kier molecular flexibility index (Phi) is 22.3. The van der Waals surface area contributed by atoms with Crippen LogP contribution in [0.15, 0.2) is 0 Å². The van der Waals surface area contributed by atoms with Gasteiger partial charge in [-0.3, -0.25) is 0 Å². The van der Waals surface area contributed by atoms with Gasteiger partial charge in [0.2, 0.25) is 0 Å². The van der Waals surface area contributed by atoms with Gasteiger partial charge in [0.25, 0.3) is 0 Å². The molecule has 0 heterocycles. The Morgan fingerprint density at radius 2 is 0.583 bits per heavy atom. The van der Waals surface area contributed by atoms with E-state index in [1.807, 2.05) is 64.2 Å². The molecular formula is C20H19BFe2P+4. The zero-order valence-electron chi connectivity index (χ0n) is 13.2. The minimum Gasteiger partial charge on any atom is -0.106 e. The second-order valence-electron chi connectivity index (χ2n) is 4.40. The van der Waals surface area contributed by atoms with Gasteiger partial charge >= 0.3 is 34.1 Å². The summed E-state index contributed by atoms with van der Waals surface area (Å²) in [6.07, 6.45) is 37.0. The van der Waals surface area contributed by atoms with Crippen molar-refractivity contribution in [3.8, 4) is 0 Å². The van der Waals surface area contributed by atoms with E-state index in [1.54, 1.807) is 0 Å². The monoisotopic (exact) mass is 413 g/mol. The van der Waals surface area contributed by atoms with Crippen LogP contribution in [0.1, 0.15) is 0 Å². The van der Waals surface area contributed by atoms with Crippen LogP contribution in [0.3, 0.4) is 0 Å². The molecular weight excluding hydrogens is 394 g/mol. The van der Waals surface area contributed by atoms with E-state index >= 15 is 0 Å². The molecule has 0 amide bonds. The van der Waals surface area contributed by atoms with Crippen LogP contribution in [-0.2, 0) is 34.1 Å². The molecule has 4 rings (SSSR count). The van der Waals surface area contributed by atoms with Gasteiger partial charge in [-0.2, -0.15) is 0 Å². The molecule has 0 aliphatic heterocycles. The molecule has 0 unspecified atom stereocenters. The van der Waals surface area contributed by atoms with Gasteiger partial charge in [0.1, 0.15) is 0 Å². The molecule has 0 aromatic carbocycles. The van der Waals surface area contributed by atoms with Crippen molar-refractivity contribution in [1.82, 2.24) is 0 Å². The van der Waals surface area contributed by atoms with Gasteiger partial charge in [-0.25, -0.2) is 0 Å². The van der Waals surface area contributed by atoms with Gasteiger partial charge in [-0.1, -0.05) is 0 Å². The molecule has 119 valence electrons. The molecule has 0 aromatic heterocycles. The zero-order chi connectivity index (χ0) is 14.6. The molecule has 4 fully saturated rings. The summed E-state index contributed by atoms with van der Waals surface area (Å²) < 4.78 is 0. The predicted molar refractivity (Wildman–Crippen MR) is 98.0 cm³/mol. The van der Waals surface area contributed by atoms with Crippen LogP contribution >= 0.6 is 8.58 Å². The molecule has 0 saturated heterocycles. The van der Waals surface area contributed by atoms with E-state index in [1.165, 1.54) is 11.3 Å². The van der Waals surface area contributed by atoms with E-state index in [0.717, 1.165) is 8.58 Å². The smallest absolute Gasteiger partial charge is 0.106 e. The third-order valence-electron chi connectivity index (χ3n) is 2.73. The van der Waals surface area contributed by atoms with Gasteiger partial charge in [0.05, 0.1) is 0 Å². The van der Waals surface area contributed by atoms with Crippen molar-refractivity contribution >= 4 is 17.0 Å². The van der Waals surface area contributed by atoms with E-state index in [4.69, 9.17) is 0 Å². The molecule has 24 heavy (non-hydrogen) atoms. The summed E-state index contributed by atoms with van der Waals surface area (Å²) in [7, 11) is 0.826. The fourth-order valence-electron chi connectivity index (χ4n) is 1.72. The Balaban J connectivity index is 0. The summed E-state index contributed by atoms with van der Waals surface area (Å²) in [5, 5.41) is 0. The topological polar surface area (TPSA) is 0 Å². The quantitative estimate of drug-likeness (QED) is 0.474. The molecule has 4 aliphatic carbocycles. The Hall–Kier alpha value is 1.53. The van der Waals surface area contributed by atoms with Crippen molar-refractivity contribution in [1.29, 1.82) is 0 Å². The van der Waals surface area contributed by atoms with Crippen molar-refractivity contribution in [2.75, 3.05) is 0 Å². The van der Waals surface area contributed by atoms with E-state index < -0.39 is 0 Å². The molecule has 0 N–H and O–H groups in total. The predicted octanol–water partition coefficient (Wildman–Crippen LogP) is 4.05. The maximum absolute atomic E-state index is 2.17. The summed E-state index contributed by atoms with van der Waals surface area (Å²) in [6.45, 7) is 0. The molecule has 4 heteroatoms. The van der Waals surface area contributed by atoms with Crippen molar-refractivity contribution in [3.63, 3.8) is 0 Å². The van der Waals surface area contributed by atoms with Crippen molar-refractivity contribution in [2.24, 2.45) is 0 Å². The van der Waals surface area contributed by atoms with Gasteiger partial charge < -0.3 is 0 Å². The van der Waals surface area contributed by atoms with E-state index in [2.05, 4.69) is 51.4 Å².